The molecule has 0 amide bonds. The molecule has 1 saturated heterocycles. The first kappa shape index (κ1) is 22.1. The van der Waals surface area contributed by atoms with E-state index in [-0.39, 0.29) is 12.1 Å². The summed E-state index contributed by atoms with van der Waals surface area (Å²) in [5, 5.41) is 17.2. The van der Waals surface area contributed by atoms with Gasteiger partial charge in [-0.2, -0.15) is 10.2 Å². The average molecular weight is 422 g/mol. The second kappa shape index (κ2) is 9.96. The SMILES string of the molecule is C#CC(C)n1cc(Nc2ncc3cc(C#N)[nH]c3n2)c(OC(C)C)n1.C[C@H]1CCOC1. The summed E-state index contributed by atoms with van der Waals surface area (Å²) in [6.45, 7) is 9.88. The number of anilines is 2. The molecule has 4 heterocycles. The number of rotatable bonds is 5. The highest BCUT2D eigenvalue weighted by Crippen LogP contribution is 2.28. The first-order chi connectivity index (χ1) is 14.9. The molecule has 1 aliphatic rings. The molecule has 0 radical (unpaired) electrons. The standard InChI is InChI=1S/C17H17N7O.C5H10O/c1-5-11(4)24-9-14(16(23-24)25-10(2)3)21-17-19-8-12-6-13(7-18)20-15(12)22-17;1-5-2-3-6-4-5/h1,6,8-11H,2-4H3,(H2,19,20,21,22);5H,2-4H2,1H3/t;5-/m.0/s1. The zero-order valence-corrected chi connectivity index (χ0v) is 18.2. The molecule has 9 nitrogen and oxygen atoms in total. The summed E-state index contributed by atoms with van der Waals surface area (Å²) in [4.78, 5) is 11.6. The summed E-state index contributed by atoms with van der Waals surface area (Å²) < 4.78 is 12.4. The number of hydrogen-bond acceptors (Lipinski definition) is 7. The lowest BCUT2D eigenvalue weighted by Crippen LogP contribution is -2.09. The molecule has 9 heteroatoms. The van der Waals surface area contributed by atoms with Gasteiger partial charge in [0, 0.05) is 24.8 Å². The molecule has 31 heavy (non-hydrogen) atoms. The fourth-order valence-electron chi connectivity index (χ4n) is 2.86. The Morgan fingerprint density at radius 3 is 2.81 bits per heavy atom. The van der Waals surface area contributed by atoms with Crippen LogP contribution in [0.1, 0.15) is 45.9 Å². The maximum absolute atomic E-state index is 8.95. The van der Waals surface area contributed by atoms with Crippen molar-refractivity contribution in [3.63, 3.8) is 0 Å². The van der Waals surface area contributed by atoms with Crippen molar-refractivity contribution in [1.29, 1.82) is 5.26 Å². The van der Waals surface area contributed by atoms with Crippen LogP contribution in [-0.4, -0.2) is 44.1 Å². The van der Waals surface area contributed by atoms with E-state index in [1.165, 1.54) is 6.42 Å². The van der Waals surface area contributed by atoms with Crippen LogP contribution in [0.25, 0.3) is 11.0 Å². The minimum absolute atomic E-state index is 0.0463. The van der Waals surface area contributed by atoms with Crippen molar-refractivity contribution >= 4 is 22.7 Å². The van der Waals surface area contributed by atoms with Crippen LogP contribution in [0.4, 0.5) is 11.6 Å². The van der Waals surface area contributed by atoms with Gasteiger partial charge >= 0.3 is 0 Å². The second-order valence-electron chi connectivity index (χ2n) is 7.72. The van der Waals surface area contributed by atoms with E-state index >= 15 is 0 Å². The van der Waals surface area contributed by atoms with E-state index in [4.69, 9.17) is 21.2 Å². The van der Waals surface area contributed by atoms with E-state index in [0.717, 1.165) is 24.5 Å². The summed E-state index contributed by atoms with van der Waals surface area (Å²) in [5.41, 5.74) is 1.62. The summed E-state index contributed by atoms with van der Waals surface area (Å²) in [7, 11) is 0. The van der Waals surface area contributed by atoms with Gasteiger partial charge in [0.05, 0.1) is 12.3 Å². The quantitative estimate of drug-likeness (QED) is 0.602. The maximum atomic E-state index is 8.95. The normalized spacial score (nSPS) is 16.3. The van der Waals surface area contributed by atoms with E-state index < -0.39 is 0 Å². The van der Waals surface area contributed by atoms with Crippen LogP contribution in [0.3, 0.4) is 0 Å². The molecule has 1 fully saturated rings. The molecule has 2 atom stereocenters. The molecule has 0 bridgehead atoms. The smallest absolute Gasteiger partial charge is 0.257 e. The number of aromatic nitrogens is 5. The van der Waals surface area contributed by atoms with E-state index in [2.05, 4.69) is 38.2 Å². The molecule has 162 valence electrons. The van der Waals surface area contributed by atoms with Crippen molar-refractivity contribution in [2.24, 2.45) is 5.92 Å². The van der Waals surface area contributed by atoms with Crippen molar-refractivity contribution in [2.75, 3.05) is 18.5 Å². The molecule has 0 aliphatic carbocycles. The van der Waals surface area contributed by atoms with Crippen molar-refractivity contribution < 1.29 is 9.47 Å². The van der Waals surface area contributed by atoms with Gasteiger partial charge < -0.3 is 19.8 Å². The van der Waals surface area contributed by atoms with Gasteiger partial charge in [0.2, 0.25) is 5.95 Å². The number of nitrogens with one attached hydrogen (secondary N) is 2. The number of fused-ring (bicyclic) bond motifs is 1. The topological polar surface area (TPSA) is 114 Å². The number of terminal acetylenes is 1. The molecule has 0 aromatic carbocycles. The number of H-pyrrole nitrogens is 1. The lowest BCUT2D eigenvalue weighted by atomic mass is 10.2. The Kier molecular flexibility index (Phi) is 7.11. The Labute approximate surface area is 181 Å². The van der Waals surface area contributed by atoms with E-state index in [1.54, 1.807) is 23.1 Å². The van der Waals surface area contributed by atoms with Crippen molar-refractivity contribution in [3.05, 3.63) is 24.2 Å². The number of nitrogens with zero attached hydrogens (tertiary/aromatic N) is 5. The van der Waals surface area contributed by atoms with Gasteiger partial charge in [0.25, 0.3) is 5.88 Å². The minimum Gasteiger partial charge on any atom is -0.472 e. The monoisotopic (exact) mass is 421 g/mol. The highest BCUT2D eigenvalue weighted by atomic mass is 16.5. The van der Waals surface area contributed by atoms with Gasteiger partial charge in [0.15, 0.2) is 0 Å². The third-order valence-corrected chi connectivity index (χ3v) is 4.58. The predicted octanol–water partition coefficient (Wildman–Crippen LogP) is 3.79. The minimum atomic E-state index is -0.213. The Morgan fingerprint density at radius 2 is 2.23 bits per heavy atom. The van der Waals surface area contributed by atoms with Crippen LogP contribution >= 0.6 is 0 Å². The highest BCUT2D eigenvalue weighted by Gasteiger charge is 2.16. The summed E-state index contributed by atoms with van der Waals surface area (Å²) in [5.74, 6) is 4.23. The fourth-order valence-corrected chi connectivity index (χ4v) is 2.86. The van der Waals surface area contributed by atoms with Crippen LogP contribution < -0.4 is 10.1 Å². The Bertz CT molecular complexity index is 1100. The molecular formula is C22H27N7O2. The molecular weight excluding hydrogens is 394 g/mol. The second-order valence-corrected chi connectivity index (χ2v) is 7.72. The largest absolute Gasteiger partial charge is 0.472 e. The van der Waals surface area contributed by atoms with Gasteiger partial charge in [0.1, 0.15) is 29.1 Å². The Morgan fingerprint density at radius 1 is 1.42 bits per heavy atom. The molecule has 0 spiro atoms. The van der Waals surface area contributed by atoms with Gasteiger partial charge in [-0.15, -0.1) is 11.5 Å². The van der Waals surface area contributed by atoms with Gasteiger partial charge in [-0.25, -0.2) is 4.98 Å². The lowest BCUT2D eigenvalue weighted by molar-refractivity contribution is 0.188. The zero-order chi connectivity index (χ0) is 22.4. The van der Waals surface area contributed by atoms with Gasteiger partial charge in [-0.05, 0) is 39.2 Å². The number of nitriles is 1. The average Bonchev–Trinajstić information content (AvgIpc) is 3.47. The summed E-state index contributed by atoms with van der Waals surface area (Å²) in [6.07, 6.45) is 10.1. The van der Waals surface area contributed by atoms with Crippen LogP contribution in [0, 0.1) is 29.6 Å². The van der Waals surface area contributed by atoms with Crippen molar-refractivity contribution in [1.82, 2.24) is 24.7 Å². The van der Waals surface area contributed by atoms with Crippen LogP contribution in [0.15, 0.2) is 18.5 Å². The molecule has 3 aromatic rings. The Hall–Kier alpha value is -3.56. The molecule has 4 rings (SSSR count). The fraction of sp³-hybridized carbons (Fsp3) is 0.455. The zero-order valence-electron chi connectivity index (χ0n) is 18.2. The Balaban J connectivity index is 0.000000391. The number of ether oxygens (including phenoxy) is 2. The molecule has 0 saturated carbocycles. The van der Waals surface area contributed by atoms with E-state index in [1.807, 2.05) is 26.8 Å². The highest BCUT2D eigenvalue weighted by molar-refractivity contribution is 5.78. The maximum Gasteiger partial charge on any atom is 0.257 e. The van der Waals surface area contributed by atoms with Crippen LogP contribution in [0.5, 0.6) is 5.88 Å². The molecule has 3 aromatic heterocycles. The summed E-state index contributed by atoms with van der Waals surface area (Å²) in [6, 6.07) is 3.52. The number of aromatic amines is 1. The molecule has 1 unspecified atom stereocenters. The van der Waals surface area contributed by atoms with Crippen LogP contribution in [0.2, 0.25) is 0 Å². The lowest BCUT2D eigenvalue weighted by Gasteiger charge is -2.09. The third kappa shape index (κ3) is 5.74. The summed E-state index contributed by atoms with van der Waals surface area (Å²) >= 11 is 0. The van der Waals surface area contributed by atoms with Gasteiger partial charge in [-0.1, -0.05) is 12.8 Å². The first-order valence-electron chi connectivity index (χ1n) is 10.2. The molecule has 2 N–H and O–H groups in total. The van der Waals surface area contributed by atoms with Crippen molar-refractivity contribution in [3.8, 4) is 24.3 Å². The van der Waals surface area contributed by atoms with Gasteiger partial charge in [-0.3, -0.25) is 4.68 Å². The number of hydrogen-bond donors (Lipinski definition) is 2. The van der Waals surface area contributed by atoms with E-state index in [0.29, 0.717) is 28.9 Å². The third-order valence-electron chi connectivity index (χ3n) is 4.58. The van der Waals surface area contributed by atoms with Crippen molar-refractivity contribution in [2.45, 2.75) is 46.3 Å². The van der Waals surface area contributed by atoms with E-state index in [9.17, 15) is 0 Å². The molecule has 1 aliphatic heterocycles. The predicted molar refractivity (Wildman–Crippen MR) is 118 cm³/mol. The first-order valence-corrected chi connectivity index (χ1v) is 10.2. The van der Waals surface area contributed by atoms with Crippen LogP contribution in [-0.2, 0) is 4.74 Å².